The minimum Gasteiger partial charge on any atom is -0.378 e. The molecule has 0 aliphatic rings. The van der Waals surface area contributed by atoms with Crippen LogP contribution in [0.5, 0.6) is 0 Å². The van der Waals surface area contributed by atoms with Crippen LogP contribution in [0.4, 0.5) is 0 Å². The van der Waals surface area contributed by atoms with Crippen LogP contribution >= 0.6 is 21.2 Å². The average molecular weight is 362 g/mol. The third kappa shape index (κ3) is 3.91. The molecule has 0 aromatic heterocycles. The monoisotopic (exact) mass is 362 g/mol. The van der Waals surface area contributed by atoms with Crippen LogP contribution in [0.3, 0.4) is 0 Å². The number of carbonyl (C=O) groups is 4. The van der Waals surface area contributed by atoms with Gasteiger partial charge in [-0.15, -0.1) is 21.2 Å². The number of Topliss-reactive ketones (excluding diaryl/α,β-unsaturated/α-hetero) is 2. The Morgan fingerprint density at radius 3 is 1.00 bits per heavy atom. The lowest BCUT2D eigenvalue weighted by Crippen LogP contribution is -2.63. The Labute approximate surface area is 128 Å². The number of hydrogen-bond donors (Lipinski definition) is 6. The largest absolute Gasteiger partial charge is 0.378 e. The fourth-order valence-electron chi connectivity index (χ4n) is 1.19. The summed E-state index contributed by atoms with van der Waals surface area (Å²) in [6.45, 7) is 1.01. The molecule has 130 valence electrons. The smallest absolute Gasteiger partial charge is 0.309 e. The Balaban J connectivity index is 5.79. The normalized spacial score (nSPS) is 19.5. The Morgan fingerprint density at radius 2 is 0.864 bits per heavy atom. The molecule has 0 unspecified atom stereocenters. The van der Waals surface area contributed by atoms with E-state index in [0.717, 1.165) is 0 Å². The number of rotatable bonds is 5. The summed E-state index contributed by atoms with van der Waals surface area (Å²) < 4.78 is 36.4. The van der Waals surface area contributed by atoms with E-state index >= 15 is 0 Å². The maximum absolute atomic E-state index is 11.8. The van der Waals surface area contributed by atoms with Gasteiger partial charge in [-0.3, -0.25) is 37.4 Å². The summed E-state index contributed by atoms with van der Waals surface area (Å²) in [5, 5.41) is 16.2. The molecule has 0 spiro atoms. The van der Waals surface area contributed by atoms with Crippen molar-refractivity contribution in [2.45, 2.75) is 25.0 Å². The van der Waals surface area contributed by atoms with Crippen LogP contribution in [0.15, 0.2) is 0 Å². The SMILES string of the molecule is C[C@@](O)(C(=O)C(=O)S(C)(O)O)[C@](C)(O)C(=O)C(=O)S(C)(O)O. The van der Waals surface area contributed by atoms with Gasteiger partial charge in [0, 0.05) is 12.5 Å². The van der Waals surface area contributed by atoms with Crippen molar-refractivity contribution in [3.05, 3.63) is 0 Å². The molecular formula is C10H18O10S2. The summed E-state index contributed by atoms with van der Waals surface area (Å²) in [5.74, 6) is -3.84. The van der Waals surface area contributed by atoms with E-state index in [1.165, 1.54) is 0 Å². The number of aliphatic hydroxyl groups is 2. The van der Waals surface area contributed by atoms with Gasteiger partial charge in [-0.25, -0.2) is 0 Å². The van der Waals surface area contributed by atoms with E-state index in [-0.39, 0.29) is 0 Å². The molecule has 0 saturated heterocycles. The molecule has 0 radical (unpaired) electrons. The van der Waals surface area contributed by atoms with Crippen LogP contribution in [0.25, 0.3) is 0 Å². The maximum Gasteiger partial charge on any atom is 0.309 e. The zero-order valence-electron chi connectivity index (χ0n) is 12.1. The van der Waals surface area contributed by atoms with Crippen LogP contribution in [0.1, 0.15) is 13.8 Å². The van der Waals surface area contributed by atoms with Crippen LogP contribution in [0, 0.1) is 0 Å². The lowest BCUT2D eigenvalue weighted by molar-refractivity contribution is -0.176. The van der Waals surface area contributed by atoms with Gasteiger partial charge in [0.2, 0.25) is 0 Å². The summed E-state index contributed by atoms with van der Waals surface area (Å²) in [4.78, 5) is 46.5. The van der Waals surface area contributed by atoms with E-state index in [0.29, 0.717) is 26.4 Å². The quantitative estimate of drug-likeness (QED) is 0.346. The topological polar surface area (TPSA) is 190 Å². The highest BCUT2D eigenvalue weighted by Gasteiger charge is 2.58. The first-order valence-corrected chi connectivity index (χ1v) is 9.38. The lowest BCUT2D eigenvalue weighted by atomic mass is 9.80. The standard InChI is InChI=1S/C10H18O10S2/c1-9(15,5(11)7(13)21(3,17)18)10(2,16)6(12)8(14)22(4,19)20/h15-20H,1-4H3/t9-,10-/m1/s1. The average Bonchev–Trinajstić information content (AvgIpc) is 2.32. The Hall–Kier alpha value is -0.860. The van der Waals surface area contributed by atoms with Crippen molar-refractivity contribution in [3.8, 4) is 0 Å². The summed E-state index contributed by atoms with van der Waals surface area (Å²) in [5.41, 5.74) is -6.41. The molecule has 0 bridgehead atoms. The molecule has 2 atom stereocenters. The Morgan fingerprint density at radius 1 is 0.682 bits per heavy atom. The highest BCUT2D eigenvalue weighted by molar-refractivity contribution is 8.37. The molecule has 6 N–H and O–H groups in total. The van der Waals surface area contributed by atoms with Gasteiger partial charge in [-0.05, 0) is 13.8 Å². The second kappa shape index (κ2) is 5.98. The van der Waals surface area contributed by atoms with E-state index in [9.17, 15) is 29.4 Å². The van der Waals surface area contributed by atoms with Crippen molar-refractivity contribution >= 4 is 43.0 Å². The molecule has 0 rings (SSSR count). The minimum absolute atomic E-state index is 0.505. The van der Waals surface area contributed by atoms with Gasteiger partial charge < -0.3 is 10.2 Å². The predicted molar refractivity (Wildman–Crippen MR) is 78.8 cm³/mol. The molecule has 10 nitrogen and oxygen atoms in total. The van der Waals surface area contributed by atoms with Gasteiger partial charge in [-0.2, -0.15) is 0 Å². The fourth-order valence-corrected chi connectivity index (χ4v) is 2.29. The lowest BCUT2D eigenvalue weighted by Gasteiger charge is -2.38. The van der Waals surface area contributed by atoms with Gasteiger partial charge in [0.25, 0.3) is 11.6 Å². The second-order valence-corrected chi connectivity index (χ2v) is 9.12. The third-order valence-electron chi connectivity index (χ3n) is 2.91. The van der Waals surface area contributed by atoms with Crippen molar-refractivity contribution in [2.24, 2.45) is 0 Å². The van der Waals surface area contributed by atoms with E-state index in [1.54, 1.807) is 0 Å². The zero-order valence-corrected chi connectivity index (χ0v) is 13.8. The predicted octanol–water partition coefficient (Wildman–Crippen LogP) is -0.559. The second-order valence-electron chi connectivity index (χ2n) is 5.04. The van der Waals surface area contributed by atoms with E-state index in [2.05, 4.69) is 0 Å². The van der Waals surface area contributed by atoms with Crippen LogP contribution < -0.4 is 0 Å². The summed E-state index contributed by atoms with van der Waals surface area (Å²) in [7, 11) is -8.14. The fraction of sp³-hybridized carbons (Fsp3) is 0.600. The van der Waals surface area contributed by atoms with Crippen molar-refractivity contribution < 1.29 is 47.6 Å². The van der Waals surface area contributed by atoms with Crippen LogP contribution in [0.2, 0.25) is 0 Å². The summed E-state index contributed by atoms with van der Waals surface area (Å²) >= 11 is 0. The molecule has 0 fully saturated rings. The minimum atomic E-state index is -4.07. The van der Waals surface area contributed by atoms with Gasteiger partial charge in [0.15, 0.2) is 11.2 Å². The van der Waals surface area contributed by atoms with E-state index in [1.807, 2.05) is 0 Å². The van der Waals surface area contributed by atoms with Gasteiger partial charge >= 0.3 is 10.2 Å². The highest BCUT2D eigenvalue weighted by Crippen LogP contribution is 2.41. The van der Waals surface area contributed by atoms with Crippen LogP contribution in [-0.4, -0.2) is 73.9 Å². The maximum atomic E-state index is 11.8. The molecule has 0 aromatic rings. The first kappa shape index (κ1) is 21.1. The van der Waals surface area contributed by atoms with Gasteiger partial charge in [0.05, 0.1) is 0 Å². The van der Waals surface area contributed by atoms with Crippen molar-refractivity contribution in [1.29, 1.82) is 0 Å². The van der Waals surface area contributed by atoms with Crippen LogP contribution in [-0.2, 0) is 19.2 Å². The molecule has 0 heterocycles. The number of hydrogen-bond acceptors (Lipinski definition) is 10. The van der Waals surface area contributed by atoms with E-state index in [4.69, 9.17) is 18.2 Å². The summed E-state index contributed by atoms with van der Waals surface area (Å²) in [6, 6.07) is 0. The van der Waals surface area contributed by atoms with Crippen molar-refractivity contribution in [3.63, 3.8) is 0 Å². The molecular weight excluding hydrogens is 344 g/mol. The molecule has 0 aliphatic heterocycles. The highest BCUT2D eigenvalue weighted by atomic mass is 32.3. The molecule has 12 heteroatoms. The molecule has 0 aromatic carbocycles. The number of carbonyl (C=O) groups excluding carboxylic acids is 4. The Kier molecular flexibility index (Phi) is 5.74. The van der Waals surface area contributed by atoms with Crippen molar-refractivity contribution in [2.75, 3.05) is 12.5 Å². The van der Waals surface area contributed by atoms with E-state index < -0.39 is 54.2 Å². The Bertz CT molecular complexity index is 475. The molecule has 0 amide bonds. The van der Waals surface area contributed by atoms with Crippen molar-refractivity contribution in [1.82, 2.24) is 0 Å². The first-order chi connectivity index (χ1) is 9.38. The molecule has 22 heavy (non-hydrogen) atoms. The molecule has 0 saturated carbocycles. The zero-order chi connectivity index (χ0) is 18.3. The number of ketones is 2. The summed E-state index contributed by atoms with van der Waals surface area (Å²) in [6.07, 6.45) is 1.18. The third-order valence-corrected chi connectivity index (χ3v) is 4.68. The van der Waals surface area contributed by atoms with Gasteiger partial charge in [-0.1, -0.05) is 0 Å². The van der Waals surface area contributed by atoms with Gasteiger partial charge in [0.1, 0.15) is 0 Å². The molecule has 0 aliphatic carbocycles. The first-order valence-electron chi connectivity index (χ1n) is 5.47.